The molecule has 0 saturated carbocycles. The lowest BCUT2D eigenvalue weighted by molar-refractivity contribution is -0.142. The van der Waals surface area contributed by atoms with Gasteiger partial charge in [-0.15, -0.1) is 0 Å². The molecule has 1 N–H and O–H groups in total. The molecule has 0 fully saturated rings. The minimum atomic E-state index is -1.14. The summed E-state index contributed by atoms with van der Waals surface area (Å²) in [6, 6.07) is -1.12. The molecule has 0 aliphatic carbocycles. The highest BCUT2D eigenvalue weighted by Crippen LogP contribution is 2.21. The molecule has 1 amide bonds. The number of aryl methyl sites for hydroxylation is 1. The SMILES string of the molecule is CN(C(=O)OC(C)(C)C)[C@@H](C(=O)O)c1cnn(C)c1. The lowest BCUT2D eigenvalue weighted by Crippen LogP contribution is -2.39. The fourth-order valence-electron chi connectivity index (χ4n) is 1.55. The molecule has 0 aliphatic heterocycles. The summed E-state index contributed by atoms with van der Waals surface area (Å²) in [6.07, 6.45) is 2.28. The van der Waals surface area contributed by atoms with Crippen molar-refractivity contribution in [1.82, 2.24) is 14.7 Å². The van der Waals surface area contributed by atoms with Gasteiger partial charge < -0.3 is 9.84 Å². The third-order valence-electron chi connectivity index (χ3n) is 2.34. The third kappa shape index (κ3) is 3.97. The first kappa shape index (κ1) is 15.0. The largest absolute Gasteiger partial charge is 0.479 e. The zero-order chi connectivity index (χ0) is 14.8. The van der Waals surface area contributed by atoms with Crippen LogP contribution in [0.4, 0.5) is 4.79 Å². The molecule has 0 saturated heterocycles. The Morgan fingerprint density at radius 3 is 2.42 bits per heavy atom. The number of carbonyl (C=O) groups is 2. The average Bonchev–Trinajstić information content (AvgIpc) is 2.61. The van der Waals surface area contributed by atoms with Crippen LogP contribution < -0.4 is 0 Å². The van der Waals surface area contributed by atoms with E-state index in [9.17, 15) is 14.7 Å². The Labute approximate surface area is 111 Å². The van der Waals surface area contributed by atoms with Gasteiger partial charge in [-0.3, -0.25) is 9.58 Å². The second-order valence-electron chi connectivity index (χ2n) is 5.28. The number of likely N-dealkylation sites (N-methyl/N-ethyl adjacent to an activating group) is 1. The van der Waals surface area contributed by atoms with Crippen LogP contribution in [0, 0.1) is 0 Å². The Morgan fingerprint density at radius 2 is 2.05 bits per heavy atom. The van der Waals surface area contributed by atoms with E-state index in [-0.39, 0.29) is 0 Å². The van der Waals surface area contributed by atoms with Gasteiger partial charge in [-0.05, 0) is 20.8 Å². The number of hydrogen-bond acceptors (Lipinski definition) is 4. The van der Waals surface area contributed by atoms with E-state index in [1.165, 1.54) is 17.9 Å². The van der Waals surface area contributed by atoms with Gasteiger partial charge >= 0.3 is 12.1 Å². The van der Waals surface area contributed by atoms with E-state index >= 15 is 0 Å². The van der Waals surface area contributed by atoms with Crippen LogP contribution in [0.3, 0.4) is 0 Å². The summed E-state index contributed by atoms with van der Waals surface area (Å²) < 4.78 is 6.64. The maximum absolute atomic E-state index is 11.9. The molecule has 0 bridgehead atoms. The molecule has 0 aliphatic rings. The van der Waals surface area contributed by atoms with Crippen LogP contribution in [0.25, 0.3) is 0 Å². The zero-order valence-electron chi connectivity index (χ0n) is 11.7. The van der Waals surface area contributed by atoms with Crippen LogP contribution in [0.15, 0.2) is 12.4 Å². The number of carboxylic acid groups (broad SMARTS) is 1. The summed E-state index contributed by atoms with van der Waals surface area (Å²) >= 11 is 0. The number of aliphatic carboxylic acids is 1. The first-order valence-corrected chi connectivity index (χ1v) is 5.79. The van der Waals surface area contributed by atoms with Gasteiger partial charge in [-0.2, -0.15) is 5.10 Å². The first-order chi connectivity index (χ1) is 8.61. The number of rotatable bonds is 3. The Kier molecular flexibility index (Phi) is 4.18. The molecule has 1 aromatic rings. The van der Waals surface area contributed by atoms with E-state index in [4.69, 9.17) is 4.74 Å². The number of nitrogens with zero attached hydrogens (tertiary/aromatic N) is 3. The van der Waals surface area contributed by atoms with E-state index in [1.54, 1.807) is 34.0 Å². The lowest BCUT2D eigenvalue weighted by atomic mass is 10.1. The van der Waals surface area contributed by atoms with Crippen molar-refractivity contribution in [2.75, 3.05) is 7.05 Å². The van der Waals surface area contributed by atoms with E-state index in [1.807, 2.05) is 0 Å². The van der Waals surface area contributed by atoms with Crippen LogP contribution in [0.1, 0.15) is 32.4 Å². The molecule has 7 nitrogen and oxygen atoms in total. The van der Waals surface area contributed by atoms with Gasteiger partial charge in [0.05, 0.1) is 6.20 Å². The van der Waals surface area contributed by atoms with Crippen molar-refractivity contribution in [1.29, 1.82) is 0 Å². The van der Waals surface area contributed by atoms with Crippen LogP contribution in [-0.4, -0.2) is 44.5 Å². The molecule has 1 heterocycles. The fraction of sp³-hybridized carbons (Fsp3) is 0.583. The van der Waals surface area contributed by atoms with Crippen LogP contribution >= 0.6 is 0 Å². The zero-order valence-corrected chi connectivity index (χ0v) is 11.7. The summed E-state index contributed by atoms with van der Waals surface area (Å²) in [5, 5.41) is 13.2. The number of carboxylic acids is 1. The van der Waals surface area contributed by atoms with Gasteiger partial charge in [0.1, 0.15) is 5.60 Å². The molecule has 106 valence electrons. The molecule has 7 heteroatoms. The lowest BCUT2D eigenvalue weighted by Gasteiger charge is -2.28. The number of aromatic nitrogens is 2. The predicted molar refractivity (Wildman–Crippen MR) is 67.6 cm³/mol. The molecule has 1 aromatic heterocycles. The van der Waals surface area contributed by atoms with Crippen molar-refractivity contribution in [3.63, 3.8) is 0 Å². The van der Waals surface area contributed by atoms with Crippen molar-refractivity contribution in [3.8, 4) is 0 Å². The van der Waals surface area contributed by atoms with Gasteiger partial charge in [-0.25, -0.2) is 9.59 Å². The van der Waals surface area contributed by atoms with Crippen molar-refractivity contribution >= 4 is 12.1 Å². The first-order valence-electron chi connectivity index (χ1n) is 5.79. The summed E-state index contributed by atoms with van der Waals surface area (Å²) in [4.78, 5) is 24.3. The maximum Gasteiger partial charge on any atom is 0.411 e. The highest BCUT2D eigenvalue weighted by atomic mass is 16.6. The predicted octanol–water partition coefficient (Wildman–Crippen LogP) is 1.41. The number of amides is 1. The topological polar surface area (TPSA) is 84.7 Å². The highest BCUT2D eigenvalue weighted by Gasteiger charge is 2.32. The smallest absolute Gasteiger partial charge is 0.411 e. The molecule has 1 rings (SSSR count). The van der Waals surface area contributed by atoms with Gasteiger partial charge in [0, 0.05) is 25.9 Å². The van der Waals surface area contributed by atoms with Crippen LogP contribution in [0.2, 0.25) is 0 Å². The molecule has 0 radical (unpaired) electrons. The van der Waals surface area contributed by atoms with Crippen molar-refractivity contribution < 1.29 is 19.4 Å². The fourth-order valence-corrected chi connectivity index (χ4v) is 1.55. The van der Waals surface area contributed by atoms with Crippen molar-refractivity contribution in [3.05, 3.63) is 18.0 Å². The second kappa shape index (κ2) is 5.29. The number of ether oxygens (including phenoxy) is 1. The molecule has 0 unspecified atom stereocenters. The van der Waals surface area contributed by atoms with E-state index in [0.717, 1.165) is 4.90 Å². The molecule has 1 atom stereocenters. The number of carbonyl (C=O) groups excluding carboxylic acids is 1. The van der Waals surface area contributed by atoms with Gasteiger partial charge in [0.2, 0.25) is 0 Å². The monoisotopic (exact) mass is 269 g/mol. The quantitative estimate of drug-likeness (QED) is 0.896. The molecule has 0 aromatic carbocycles. The molecular weight excluding hydrogens is 250 g/mol. The molecular formula is C12H19N3O4. The van der Waals surface area contributed by atoms with E-state index < -0.39 is 23.7 Å². The summed E-state index contributed by atoms with van der Waals surface area (Å²) in [7, 11) is 3.07. The third-order valence-corrected chi connectivity index (χ3v) is 2.34. The van der Waals surface area contributed by atoms with Gasteiger partial charge in [-0.1, -0.05) is 0 Å². The van der Waals surface area contributed by atoms with Crippen LogP contribution in [0.5, 0.6) is 0 Å². The number of hydrogen-bond donors (Lipinski definition) is 1. The second-order valence-corrected chi connectivity index (χ2v) is 5.28. The highest BCUT2D eigenvalue weighted by molar-refractivity contribution is 5.81. The van der Waals surface area contributed by atoms with Gasteiger partial charge in [0.25, 0.3) is 0 Å². The minimum absolute atomic E-state index is 0.420. The van der Waals surface area contributed by atoms with Crippen molar-refractivity contribution in [2.24, 2.45) is 7.05 Å². The van der Waals surface area contributed by atoms with Gasteiger partial charge in [0.15, 0.2) is 6.04 Å². The van der Waals surface area contributed by atoms with E-state index in [0.29, 0.717) is 5.56 Å². The normalized spacial score (nSPS) is 12.9. The minimum Gasteiger partial charge on any atom is -0.479 e. The Bertz CT molecular complexity index is 476. The summed E-state index contributed by atoms with van der Waals surface area (Å²) in [6.45, 7) is 5.16. The molecule has 19 heavy (non-hydrogen) atoms. The Morgan fingerprint density at radius 1 is 1.47 bits per heavy atom. The Balaban J connectivity index is 2.94. The standard InChI is InChI=1S/C12H19N3O4/c1-12(2,3)19-11(18)15(5)9(10(16)17)8-6-13-14(4)7-8/h6-7,9H,1-5H3,(H,16,17)/t9-/m1/s1. The van der Waals surface area contributed by atoms with E-state index in [2.05, 4.69) is 5.10 Å². The average molecular weight is 269 g/mol. The Hall–Kier alpha value is -2.05. The summed E-state index contributed by atoms with van der Waals surface area (Å²) in [5.74, 6) is -1.14. The van der Waals surface area contributed by atoms with Crippen molar-refractivity contribution in [2.45, 2.75) is 32.4 Å². The maximum atomic E-state index is 11.9. The molecule has 0 spiro atoms. The summed E-state index contributed by atoms with van der Waals surface area (Å²) in [5.41, 5.74) is -0.257. The van der Waals surface area contributed by atoms with Crippen LogP contribution in [-0.2, 0) is 16.6 Å².